The topological polar surface area (TPSA) is 39.7 Å². The predicted molar refractivity (Wildman–Crippen MR) is 83.5 cm³/mol. The van der Waals surface area contributed by atoms with Crippen LogP contribution in [0.15, 0.2) is 24.3 Å². The van der Waals surface area contributed by atoms with Crippen LogP contribution < -0.4 is 10.1 Å². The number of benzene rings is 1. The Labute approximate surface area is 127 Å². The minimum Gasteiger partial charge on any atom is -0.491 e. The summed E-state index contributed by atoms with van der Waals surface area (Å²) in [5, 5.41) is 3.58. The van der Waals surface area contributed by atoms with Crippen molar-refractivity contribution in [3.63, 3.8) is 0 Å². The maximum absolute atomic E-state index is 5.79. The van der Waals surface area contributed by atoms with Gasteiger partial charge in [0.05, 0.1) is 19.3 Å². The predicted octanol–water partition coefficient (Wildman–Crippen LogP) is 3.28. The summed E-state index contributed by atoms with van der Waals surface area (Å²) in [6.07, 6.45) is 2.01. The first-order chi connectivity index (χ1) is 10.2. The Morgan fingerprint density at radius 1 is 1.29 bits per heavy atom. The molecule has 1 heterocycles. The van der Waals surface area contributed by atoms with E-state index in [1.807, 2.05) is 26.0 Å². The van der Waals surface area contributed by atoms with E-state index < -0.39 is 0 Å². The van der Waals surface area contributed by atoms with E-state index in [-0.39, 0.29) is 18.4 Å². The molecule has 0 spiro atoms. The van der Waals surface area contributed by atoms with Crippen molar-refractivity contribution >= 4 is 0 Å². The average molecular weight is 293 g/mol. The van der Waals surface area contributed by atoms with E-state index in [0.29, 0.717) is 13.2 Å². The maximum atomic E-state index is 5.79. The van der Waals surface area contributed by atoms with Gasteiger partial charge in [-0.3, -0.25) is 0 Å². The van der Waals surface area contributed by atoms with Gasteiger partial charge < -0.3 is 19.5 Å². The van der Waals surface area contributed by atoms with E-state index in [2.05, 4.69) is 24.4 Å². The van der Waals surface area contributed by atoms with Crippen molar-refractivity contribution < 1.29 is 14.2 Å². The van der Waals surface area contributed by atoms with Crippen molar-refractivity contribution in [2.24, 2.45) is 0 Å². The number of hydrogen-bond donors (Lipinski definition) is 1. The second-order valence-electron chi connectivity index (χ2n) is 5.65. The van der Waals surface area contributed by atoms with Gasteiger partial charge in [0.1, 0.15) is 5.75 Å². The van der Waals surface area contributed by atoms with Crippen LogP contribution in [0.4, 0.5) is 0 Å². The van der Waals surface area contributed by atoms with Gasteiger partial charge in [0.2, 0.25) is 0 Å². The highest BCUT2D eigenvalue weighted by molar-refractivity contribution is 5.30. The number of hydrogen-bond acceptors (Lipinski definition) is 4. The summed E-state index contributed by atoms with van der Waals surface area (Å²) >= 11 is 0. The van der Waals surface area contributed by atoms with Crippen molar-refractivity contribution in [2.45, 2.75) is 52.0 Å². The second kappa shape index (κ2) is 8.37. The Kier molecular flexibility index (Phi) is 6.49. The highest BCUT2D eigenvalue weighted by Gasteiger charge is 2.22. The Balaban J connectivity index is 2.06. The van der Waals surface area contributed by atoms with Crippen molar-refractivity contribution in [1.82, 2.24) is 5.32 Å². The van der Waals surface area contributed by atoms with Crippen LogP contribution in [-0.4, -0.2) is 32.2 Å². The first-order valence-electron chi connectivity index (χ1n) is 7.92. The lowest BCUT2D eigenvalue weighted by Crippen LogP contribution is -2.26. The SMILES string of the molecule is CCCNC(CC1OCCO1)c1cccc(OC(C)C)c1. The van der Waals surface area contributed by atoms with Crippen molar-refractivity contribution in [2.75, 3.05) is 19.8 Å². The third-order valence-corrected chi connectivity index (χ3v) is 3.39. The van der Waals surface area contributed by atoms with Gasteiger partial charge in [0.25, 0.3) is 0 Å². The van der Waals surface area contributed by atoms with Crippen LogP contribution in [0.2, 0.25) is 0 Å². The van der Waals surface area contributed by atoms with Gasteiger partial charge in [-0.05, 0) is 44.5 Å². The molecule has 0 aromatic heterocycles. The molecule has 1 aliphatic rings. The summed E-state index contributed by atoms with van der Waals surface area (Å²) < 4.78 is 17.0. The van der Waals surface area contributed by atoms with E-state index in [1.165, 1.54) is 5.56 Å². The summed E-state index contributed by atoms with van der Waals surface area (Å²) in [6.45, 7) is 8.63. The van der Waals surface area contributed by atoms with Crippen LogP contribution in [-0.2, 0) is 9.47 Å². The Morgan fingerprint density at radius 2 is 2.05 bits per heavy atom. The summed E-state index contributed by atoms with van der Waals surface area (Å²) in [5.74, 6) is 0.916. The fourth-order valence-electron chi connectivity index (χ4n) is 2.47. The molecule has 1 aromatic carbocycles. The van der Waals surface area contributed by atoms with Crippen LogP contribution in [0.25, 0.3) is 0 Å². The minimum absolute atomic E-state index is 0.103. The molecular weight excluding hydrogens is 266 g/mol. The Morgan fingerprint density at radius 3 is 2.71 bits per heavy atom. The number of ether oxygens (including phenoxy) is 3. The molecule has 1 N–H and O–H groups in total. The highest BCUT2D eigenvalue weighted by Crippen LogP contribution is 2.26. The smallest absolute Gasteiger partial charge is 0.159 e. The Bertz CT molecular complexity index is 416. The molecular formula is C17H27NO3. The van der Waals surface area contributed by atoms with Crippen LogP contribution in [0.1, 0.15) is 45.2 Å². The fourth-order valence-corrected chi connectivity index (χ4v) is 2.47. The van der Waals surface area contributed by atoms with E-state index in [9.17, 15) is 0 Å². The number of nitrogens with one attached hydrogen (secondary N) is 1. The third kappa shape index (κ3) is 5.30. The first kappa shape index (κ1) is 16.3. The maximum Gasteiger partial charge on any atom is 0.159 e. The molecule has 1 atom stereocenters. The lowest BCUT2D eigenvalue weighted by molar-refractivity contribution is -0.0530. The lowest BCUT2D eigenvalue weighted by atomic mass is 10.0. The summed E-state index contributed by atoms with van der Waals surface area (Å²) in [4.78, 5) is 0. The average Bonchev–Trinajstić information content (AvgIpc) is 2.96. The molecule has 1 saturated heterocycles. The van der Waals surface area contributed by atoms with Crippen molar-refractivity contribution in [3.05, 3.63) is 29.8 Å². The minimum atomic E-state index is -0.103. The lowest BCUT2D eigenvalue weighted by Gasteiger charge is -2.22. The zero-order chi connectivity index (χ0) is 15.1. The molecule has 2 rings (SSSR count). The monoisotopic (exact) mass is 293 g/mol. The fraction of sp³-hybridized carbons (Fsp3) is 0.647. The molecule has 1 aromatic rings. The molecule has 0 aliphatic carbocycles. The van der Waals surface area contributed by atoms with E-state index in [4.69, 9.17) is 14.2 Å². The van der Waals surface area contributed by atoms with Gasteiger partial charge in [-0.25, -0.2) is 0 Å². The molecule has 4 heteroatoms. The van der Waals surface area contributed by atoms with Gasteiger partial charge in [0, 0.05) is 12.5 Å². The van der Waals surface area contributed by atoms with Gasteiger partial charge in [-0.1, -0.05) is 19.1 Å². The Hall–Kier alpha value is -1.10. The molecule has 21 heavy (non-hydrogen) atoms. The van der Waals surface area contributed by atoms with Crippen LogP contribution in [0.3, 0.4) is 0 Å². The molecule has 1 fully saturated rings. The van der Waals surface area contributed by atoms with Gasteiger partial charge in [-0.15, -0.1) is 0 Å². The van der Waals surface area contributed by atoms with E-state index >= 15 is 0 Å². The normalized spacial score (nSPS) is 17.3. The highest BCUT2D eigenvalue weighted by atomic mass is 16.7. The molecule has 0 amide bonds. The standard InChI is InChI=1S/C17H27NO3/c1-4-8-18-16(12-17-19-9-10-20-17)14-6-5-7-15(11-14)21-13(2)3/h5-7,11,13,16-18H,4,8-10,12H2,1-3H3. The second-order valence-corrected chi connectivity index (χ2v) is 5.65. The molecule has 0 bridgehead atoms. The summed E-state index contributed by atoms with van der Waals surface area (Å²) in [5.41, 5.74) is 1.22. The summed E-state index contributed by atoms with van der Waals surface area (Å²) in [6, 6.07) is 8.52. The van der Waals surface area contributed by atoms with Gasteiger partial charge in [-0.2, -0.15) is 0 Å². The molecule has 0 saturated carbocycles. The van der Waals surface area contributed by atoms with Crippen molar-refractivity contribution in [1.29, 1.82) is 0 Å². The third-order valence-electron chi connectivity index (χ3n) is 3.39. The molecule has 1 aliphatic heterocycles. The van der Waals surface area contributed by atoms with E-state index in [0.717, 1.165) is 25.1 Å². The molecule has 0 radical (unpaired) electrons. The van der Waals surface area contributed by atoms with Crippen LogP contribution in [0, 0.1) is 0 Å². The van der Waals surface area contributed by atoms with Crippen molar-refractivity contribution in [3.8, 4) is 5.75 Å². The number of rotatable bonds is 8. The van der Waals surface area contributed by atoms with Gasteiger partial charge in [0.15, 0.2) is 6.29 Å². The largest absolute Gasteiger partial charge is 0.491 e. The van der Waals surface area contributed by atoms with Gasteiger partial charge >= 0.3 is 0 Å². The zero-order valence-electron chi connectivity index (χ0n) is 13.3. The summed E-state index contributed by atoms with van der Waals surface area (Å²) in [7, 11) is 0. The van der Waals surface area contributed by atoms with Crippen LogP contribution >= 0.6 is 0 Å². The molecule has 118 valence electrons. The first-order valence-corrected chi connectivity index (χ1v) is 7.92. The van der Waals surface area contributed by atoms with E-state index in [1.54, 1.807) is 0 Å². The molecule has 1 unspecified atom stereocenters. The zero-order valence-corrected chi connectivity index (χ0v) is 13.3. The quantitative estimate of drug-likeness (QED) is 0.798. The van der Waals surface area contributed by atoms with Crippen LogP contribution in [0.5, 0.6) is 5.75 Å². The molecule has 4 nitrogen and oxygen atoms in total.